The third kappa shape index (κ3) is 11.8. The molecule has 7 nitrogen and oxygen atoms in total. The molecule has 13 heteroatoms. The quantitative estimate of drug-likeness (QED) is 0.161. The van der Waals surface area contributed by atoms with Gasteiger partial charge in [0.15, 0.2) is 58.6 Å². The minimum absolute atomic E-state index is 0.0313. The van der Waals surface area contributed by atoms with Gasteiger partial charge in [0.05, 0.1) is 0 Å². The molecule has 0 aliphatic rings. The van der Waals surface area contributed by atoms with Crippen LogP contribution in [0.25, 0.3) is 0 Å². The topological polar surface area (TPSA) is 67.4 Å². The lowest BCUT2D eigenvalue weighted by Crippen LogP contribution is -2.73. The Hall–Kier alpha value is 1.02. The molecule has 31 heavy (non-hydrogen) atoms. The molecular formula is C18H51NO6Si6. The Morgan fingerprint density at radius 3 is 1.00 bits per heavy atom. The maximum Gasteiger partial charge on any atom is 0.180 e. The van der Waals surface area contributed by atoms with E-state index in [1.807, 2.05) is 0 Å². The van der Waals surface area contributed by atoms with Crippen LogP contribution < -0.4 is 5.32 Å². The van der Waals surface area contributed by atoms with E-state index in [0.29, 0.717) is 11.1 Å². The van der Waals surface area contributed by atoms with E-state index in [1.54, 1.807) is 0 Å². The highest BCUT2D eigenvalue weighted by Crippen LogP contribution is 2.30. The van der Waals surface area contributed by atoms with Gasteiger partial charge in [-0.15, -0.1) is 0 Å². The third-order valence-corrected chi connectivity index (χ3v) is 22.4. The van der Waals surface area contributed by atoms with E-state index in [-0.39, 0.29) is 9.57 Å². The predicted octanol–water partition coefficient (Wildman–Crippen LogP) is -1.78. The molecule has 1 N–H and O–H groups in total. The highest BCUT2D eigenvalue weighted by molar-refractivity contribution is 6.63. The van der Waals surface area contributed by atoms with Crippen LogP contribution in [-0.4, -0.2) is 108 Å². The fourth-order valence-corrected chi connectivity index (χ4v) is 16.9. The molecule has 0 fully saturated rings. The van der Waals surface area contributed by atoms with E-state index < -0.39 is 58.6 Å². The van der Waals surface area contributed by atoms with E-state index in [0.717, 1.165) is 39.6 Å². The molecule has 0 heterocycles. The summed E-state index contributed by atoms with van der Waals surface area (Å²) < 4.78 is 37.0. The predicted molar refractivity (Wildman–Crippen MR) is 148 cm³/mol. The maximum atomic E-state index is 6.24. The number of hydrogen-bond donors (Lipinski definition) is 1. The van der Waals surface area contributed by atoms with Crippen LogP contribution in [0, 0.1) is 0 Å². The first-order valence-electron chi connectivity index (χ1n) is 12.2. The van der Waals surface area contributed by atoms with Crippen LogP contribution in [0.4, 0.5) is 0 Å². The monoisotopic (exact) mass is 545 g/mol. The van der Waals surface area contributed by atoms with E-state index in [4.69, 9.17) is 26.6 Å². The smallest absolute Gasteiger partial charge is 0.180 e. The molecule has 2 unspecified atom stereocenters. The van der Waals surface area contributed by atoms with Crippen molar-refractivity contribution in [3.05, 3.63) is 0 Å². The lowest BCUT2D eigenvalue weighted by molar-refractivity contribution is 0.262. The van der Waals surface area contributed by atoms with Crippen molar-refractivity contribution in [1.82, 2.24) is 5.32 Å². The molecular weight excluding hydrogens is 495 g/mol. The van der Waals surface area contributed by atoms with Crippen LogP contribution in [0.1, 0.15) is 55.4 Å². The van der Waals surface area contributed by atoms with Crippen LogP contribution in [0.3, 0.4) is 0 Å². The zero-order valence-electron chi connectivity index (χ0n) is 21.6. The Morgan fingerprint density at radius 1 is 0.516 bits per heavy atom. The molecule has 0 aromatic carbocycles. The summed E-state index contributed by atoms with van der Waals surface area (Å²) in [5.74, 6) is 0. The van der Waals surface area contributed by atoms with Crippen molar-refractivity contribution < 1.29 is 26.6 Å². The first-order valence-corrected chi connectivity index (χ1v) is 20.1. The zero-order chi connectivity index (χ0) is 23.6. The number of rotatable bonds is 22. The minimum atomic E-state index is -0.866. The van der Waals surface area contributed by atoms with Gasteiger partial charge in [0, 0.05) is 49.2 Å². The highest BCUT2D eigenvalue weighted by Gasteiger charge is 2.49. The third-order valence-electron chi connectivity index (χ3n) is 5.78. The second kappa shape index (κ2) is 19.3. The summed E-state index contributed by atoms with van der Waals surface area (Å²) in [6, 6.07) is 0. The van der Waals surface area contributed by atoms with Gasteiger partial charge < -0.3 is 31.9 Å². The van der Waals surface area contributed by atoms with Crippen LogP contribution in [-0.2, 0) is 26.6 Å². The van der Waals surface area contributed by atoms with Gasteiger partial charge in [-0.05, 0) is 52.6 Å². The van der Waals surface area contributed by atoms with Crippen LogP contribution in [0.5, 0.6) is 0 Å². The molecule has 188 valence electrons. The van der Waals surface area contributed by atoms with Crippen LogP contribution >= 0.6 is 0 Å². The summed E-state index contributed by atoms with van der Waals surface area (Å²) >= 11 is 0. The fourth-order valence-electron chi connectivity index (χ4n) is 3.58. The summed E-state index contributed by atoms with van der Waals surface area (Å²) in [5, 5.41) is 4.29. The molecule has 0 bridgehead atoms. The average molecular weight is 546 g/mol. The first-order chi connectivity index (χ1) is 14.9. The average Bonchev–Trinajstić information content (AvgIpc) is 2.79. The Morgan fingerprint density at radius 2 is 0.774 bits per heavy atom. The van der Waals surface area contributed by atoms with Gasteiger partial charge in [-0.25, -0.2) is 0 Å². The molecule has 0 amide bonds. The van der Waals surface area contributed by atoms with Gasteiger partial charge in [0.2, 0.25) is 0 Å². The van der Waals surface area contributed by atoms with E-state index in [2.05, 4.69) is 60.7 Å². The molecule has 0 saturated carbocycles. The van der Waals surface area contributed by atoms with Crippen molar-refractivity contribution in [3.8, 4) is 0 Å². The van der Waals surface area contributed by atoms with Crippen LogP contribution in [0.15, 0.2) is 0 Å². The van der Waals surface area contributed by atoms with Gasteiger partial charge in [-0.1, -0.05) is 13.8 Å². The molecule has 0 radical (unpaired) electrons. The maximum absolute atomic E-state index is 6.24. The molecule has 0 aliphatic heterocycles. The molecule has 0 saturated heterocycles. The largest absolute Gasteiger partial charge is 0.424 e. The summed E-state index contributed by atoms with van der Waals surface area (Å²) in [7, 11) is -4.86. The number of hydrogen-bond acceptors (Lipinski definition) is 7. The first kappa shape index (κ1) is 32.0. The Labute approximate surface area is 205 Å². The normalized spacial score (nSPS) is 20.1. The lowest BCUT2D eigenvalue weighted by Gasteiger charge is -2.49. The Bertz CT molecular complexity index is 377. The van der Waals surface area contributed by atoms with Crippen molar-refractivity contribution in [2.75, 3.05) is 39.6 Å². The summed E-state index contributed by atoms with van der Waals surface area (Å²) in [5.41, 5.74) is 0.936. The molecule has 0 rings (SSSR count). The second-order valence-corrected chi connectivity index (χ2v) is 21.9. The van der Waals surface area contributed by atoms with Crippen LogP contribution in [0.2, 0.25) is 11.1 Å². The molecule has 0 aliphatic carbocycles. The van der Waals surface area contributed by atoms with Gasteiger partial charge in [-0.3, -0.25) is 0 Å². The van der Waals surface area contributed by atoms with E-state index >= 15 is 0 Å². The second-order valence-electron chi connectivity index (χ2n) is 8.11. The summed E-state index contributed by atoms with van der Waals surface area (Å²) in [4.78, 5) is -0.0625. The van der Waals surface area contributed by atoms with E-state index in [9.17, 15) is 0 Å². The minimum Gasteiger partial charge on any atom is -0.424 e. The van der Waals surface area contributed by atoms with Crippen molar-refractivity contribution in [2.24, 2.45) is 0 Å². The van der Waals surface area contributed by atoms with E-state index in [1.165, 1.54) is 0 Å². The van der Waals surface area contributed by atoms with Gasteiger partial charge in [-0.2, -0.15) is 0 Å². The molecule has 2 atom stereocenters. The summed E-state index contributed by atoms with van der Waals surface area (Å²) in [6.07, 6.45) is 0. The highest BCUT2D eigenvalue weighted by atomic mass is 28.3. The van der Waals surface area contributed by atoms with Crippen molar-refractivity contribution >= 4 is 58.6 Å². The Balaban J connectivity index is 6.20. The van der Waals surface area contributed by atoms with Crippen molar-refractivity contribution in [2.45, 2.75) is 76.0 Å². The Kier molecular flexibility index (Phi) is 20.0. The van der Waals surface area contributed by atoms with Crippen molar-refractivity contribution in [1.29, 1.82) is 0 Å². The van der Waals surface area contributed by atoms with Gasteiger partial charge in [0.1, 0.15) is 0 Å². The standard InChI is InChI=1S/C18H51NO6Si6/c1-9-20-26-15(7)17(28-22-11-3,29-23-12-4)19-18(30-24-13-5,31-25-14-6)16(8)27-21-10-2/h15-16,19H,9-14,26-31H2,1-8H3. The zero-order valence-corrected chi connectivity index (χ0v) is 30.1. The summed E-state index contributed by atoms with van der Waals surface area (Å²) in [6.45, 7) is 22.0. The van der Waals surface area contributed by atoms with Gasteiger partial charge in [0.25, 0.3) is 0 Å². The molecule has 0 aromatic rings. The fraction of sp³-hybridized carbons (Fsp3) is 1.00. The lowest BCUT2D eigenvalue weighted by atomic mass is 10.4. The molecule has 0 spiro atoms. The van der Waals surface area contributed by atoms with Gasteiger partial charge >= 0.3 is 0 Å². The SMILES string of the molecule is CCO[SiH2]C(C)C(NC([SiH2]OCC)([SiH2]OCC)C(C)[SiH2]OCC)([SiH2]OCC)[SiH2]OCC. The van der Waals surface area contributed by atoms with Crippen molar-refractivity contribution in [3.63, 3.8) is 0 Å². The molecule has 0 aromatic heterocycles. The number of nitrogens with one attached hydrogen (secondary N) is 1.